The van der Waals surface area contributed by atoms with Crippen molar-refractivity contribution in [1.82, 2.24) is 4.98 Å². The Morgan fingerprint density at radius 1 is 1.62 bits per heavy atom. The third-order valence-corrected chi connectivity index (χ3v) is 1.76. The van der Waals surface area contributed by atoms with E-state index in [1.54, 1.807) is 12.3 Å². The largest absolute Gasteiger partial charge is 0.340 e. The minimum atomic E-state index is 0.843. The minimum absolute atomic E-state index is 0.843. The molecule has 2 heteroatoms. The SMILES string of the molecule is C=Cc1cc(C(=C)C)[nH]c1/N=C\C. The van der Waals surface area contributed by atoms with Crippen LogP contribution in [-0.2, 0) is 0 Å². The second-order valence-electron chi connectivity index (χ2n) is 2.86. The summed E-state index contributed by atoms with van der Waals surface area (Å²) in [5.74, 6) is 0.843. The maximum atomic E-state index is 4.19. The Balaban J connectivity index is 3.18. The van der Waals surface area contributed by atoms with Crippen molar-refractivity contribution in [3.8, 4) is 0 Å². The molecule has 0 radical (unpaired) electrons. The second-order valence-corrected chi connectivity index (χ2v) is 2.86. The van der Waals surface area contributed by atoms with Crippen molar-refractivity contribution in [3.05, 3.63) is 30.5 Å². The molecule has 0 unspecified atom stereocenters. The van der Waals surface area contributed by atoms with E-state index in [1.165, 1.54) is 0 Å². The number of aliphatic imine (C=N–C) groups is 1. The molecule has 0 bridgehead atoms. The summed E-state index contributed by atoms with van der Waals surface area (Å²) in [6, 6.07) is 2.00. The highest BCUT2D eigenvalue weighted by atomic mass is 14.9. The summed E-state index contributed by atoms with van der Waals surface area (Å²) in [5, 5.41) is 0. The molecule has 0 amide bonds. The number of hydrogen-bond acceptors (Lipinski definition) is 1. The van der Waals surface area contributed by atoms with Crippen molar-refractivity contribution in [2.75, 3.05) is 0 Å². The van der Waals surface area contributed by atoms with Crippen LogP contribution in [0.2, 0.25) is 0 Å². The zero-order valence-corrected chi connectivity index (χ0v) is 8.09. The topological polar surface area (TPSA) is 28.1 Å². The van der Waals surface area contributed by atoms with E-state index in [-0.39, 0.29) is 0 Å². The van der Waals surface area contributed by atoms with Gasteiger partial charge in [-0.25, -0.2) is 4.99 Å². The maximum Gasteiger partial charge on any atom is 0.137 e. The number of allylic oxidation sites excluding steroid dienone is 1. The van der Waals surface area contributed by atoms with Gasteiger partial charge in [-0.1, -0.05) is 19.2 Å². The van der Waals surface area contributed by atoms with E-state index in [4.69, 9.17) is 0 Å². The first-order chi connectivity index (χ1) is 6.19. The lowest BCUT2D eigenvalue weighted by Crippen LogP contribution is -1.74. The highest BCUT2D eigenvalue weighted by molar-refractivity contribution is 5.72. The molecule has 0 saturated carbocycles. The minimum Gasteiger partial charge on any atom is -0.340 e. The van der Waals surface area contributed by atoms with Crippen molar-refractivity contribution in [1.29, 1.82) is 0 Å². The van der Waals surface area contributed by atoms with E-state index in [9.17, 15) is 0 Å². The van der Waals surface area contributed by atoms with E-state index in [1.807, 2.05) is 19.9 Å². The van der Waals surface area contributed by atoms with Gasteiger partial charge in [-0.3, -0.25) is 0 Å². The fraction of sp³-hybridized carbons (Fsp3) is 0.182. The van der Waals surface area contributed by atoms with Gasteiger partial charge in [-0.15, -0.1) is 0 Å². The van der Waals surface area contributed by atoms with Crippen LogP contribution >= 0.6 is 0 Å². The number of H-pyrrole nitrogens is 1. The van der Waals surface area contributed by atoms with E-state index >= 15 is 0 Å². The fourth-order valence-corrected chi connectivity index (χ4v) is 1.08. The molecule has 1 aromatic rings. The highest BCUT2D eigenvalue weighted by Crippen LogP contribution is 2.23. The van der Waals surface area contributed by atoms with Gasteiger partial charge in [-0.05, 0) is 25.5 Å². The normalized spacial score (nSPS) is 10.6. The Kier molecular flexibility index (Phi) is 2.85. The molecule has 2 nitrogen and oxygen atoms in total. The second kappa shape index (κ2) is 3.90. The molecule has 1 N–H and O–H groups in total. The first kappa shape index (κ1) is 9.52. The van der Waals surface area contributed by atoms with Crippen molar-refractivity contribution in [3.63, 3.8) is 0 Å². The summed E-state index contributed by atoms with van der Waals surface area (Å²) in [7, 11) is 0. The number of aromatic nitrogens is 1. The fourth-order valence-electron chi connectivity index (χ4n) is 1.08. The van der Waals surface area contributed by atoms with Crippen molar-refractivity contribution >= 4 is 23.7 Å². The van der Waals surface area contributed by atoms with Gasteiger partial charge < -0.3 is 4.98 Å². The molecule has 1 heterocycles. The lowest BCUT2D eigenvalue weighted by molar-refractivity contribution is 1.30. The predicted molar refractivity (Wildman–Crippen MR) is 59.4 cm³/mol. The van der Waals surface area contributed by atoms with Crippen LogP contribution < -0.4 is 0 Å². The number of nitrogens with one attached hydrogen (secondary N) is 1. The third kappa shape index (κ3) is 1.96. The van der Waals surface area contributed by atoms with Crippen molar-refractivity contribution in [2.45, 2.75) is 13.8 Å². The van der Waals surface area contributed by atoms with Crippen LogP contribution in [-0.4, -0.2) is 11.2 Å². The molecule has 0 aliphatic heterocycles. The zero-order chi connectivity index (χ0) is 9.84. The molecule has 0 spiro atoms. The molecular formula is C11H14N2. The van der Waals surface area contributed by atoms with Gasteiger partial charge in [0.15, 0.2) is 0 Å². The van der Waals surface area contributed by atoms with Gasteiger partial charge >= 0.3 is 0 Å². The zero-order valence-electron chi connectivity index (χ0n) is 8.09. The van der Waals surface area contributed by atoms with Gasteiger partial charge in [0.25, 0.3) is 0 Å². The molecule has 0 aliphatic rings. The Morgan fingerprint density at radius 2 is 2.31 bits per heavy atom. The van der Waals surface area contributed by atoms with Crippen molar-refractivity contribution in [2.24, 2.45) is 4.99 Å². The molecule has 1 rings (SSSR count). The number of hydrogen-bond donors (Lipinski definition) is 1. The van der Waals surface area contributed by atoms with Crippen LogP contribution in [0.3, 0.4) is 0 Å². The molecule has 0 aliphatic carbocycles. The van der Waals surface area contributed by atoms with Gasteiger partial charge in [-0.2, -0.15) is 0 Å². The summed E-state index contributed by atoms with van der Waals surface area (Å²) in [5.41, 5.74) is 3.02. The quantitative estimate of drug-likeness (QED) is 0.680. The summed E-state index contributed by atoms with van der Waals surface area (Å²) >= 11 is 0. The molecule has 13 heavy (non-hydrogen) atoms. The first-order valence-corrected chi connectivity index (χ1v) is 4.19. The van der Waals surface area contributed by atoms with E-state index in [0.29, 0.717) is 0 Å². The van der Waals surface area contributed by atoms with Gasteiger partial charge in [0.05, 0.1) is 0 Å². The highest BCUT2D eigenvalue weighted by Gasteiger charge is 2.03. The van der Waals surface area contributed by atoms with Crippen LogP contribution in [0.4, 0.5) is 5.82 Å². The Morgan fingerprint density at radius 3 is 2.77 bits per heavy atom. The average molecular weight is 174 g/mol. The Bertz CT molecular complexity index is 356. The van der Waals surface area contributed by atoms with Crippen LogP contribution in [0.25, 0.3) is 11.6 Å². The lowest BCUT2D eigenvalue weighted by Gasteiger charge is -1.91. The molecular weight excluding hydrogens is 160 g/mol. The smallest absolute Gasteiger partial charge is 0.137 e. The van der Waals surface area contributed by atoms with Crippen molar-refractivity contribution < 1.29 is 0 Å². The van der Waals surface area contributed by atoms with E-state index in [0.717, 1.165) is 22.6 Å². The molecule has 0 aromatic carbocycles. The Hall–Kier alpha value is -1.57. The number of rotatable bonds is 3. The average Bonchev–Trinajstić information content (AvgIpc) is 2.48. The standard InChI is InChI=1S/C11H14N2/c1-5-9-7-10(8(3)4)13-11(9)12-6-2/h5-7,13H,1,3H2,2,4H3/b12-6-. The molecule has 0 saturated heterocycles. The number of aromatic amines is 1. The van der Waals surface area contributed by atoms with E-state index in [2.05, 4.69) is 23.1 Å². The van der Waals surface area contributed by atoms with Crippen LogP contribution in [0, 0.1) is 0 Å². The monoisotopic (exact) mass is 174 g/mol. The summed E-state index contributed by atoms with van der Waals surface area (Å²) in [6.07, 6.45) is 3.53. The van der Waals surface area contributed by atoms with Crippen LogP contribution in [0.5, 0.6) is 0 Å². The van der Waals surface area contributed by atoms with E-state index < -0.39 is 0 Å². The summed E-state index contributed by atoms with van der Waals surface area (Å²) < 4.78 is 0. The maximum absolute atomic E-state index is 4.19. The van der Waals surface area contributed by atoms with Gasteiger partial charge in [0, 0.05) is 17.5 Å². The van der Waals surface area contributed by atoms with Crippen LogP contribution in [0.15, 0.2) is 24.2 Å². The lowest BCUT2D eigenvalue weighted by atomic mass is 10.2. The van der Waals surface area contributed by atoms with Gasteiger partial charge in [0.1, 0.15) is 5.82 Å². The first-order valence-electron chi connectivity index (χ1n) is 4.19. The predicted octanol–water partition coefficient (Wildman–Crippen LogP) is 3.41. The molecule has 0 fully saturated rings. The van der Waals surface area contributed by atoms with Gasteiger partial charge in [0.2, 0.25) is 0 Å². The molecule has 1 aromatic heterocycles. The number of nitrogens with zero attached hydrogens (tertiary/aromatic N) is 1. The molecule has 68 valence electrons. The Labute approximate surface area is 78.7 Å². The van der Waals surface area contributed by atoms with Crippen LogP contribution in [0.1, 0.15) is 25.1 Å². The third-order valence-electron chi connectivity index (χ3n) is 1.76. The molecule has 0 atom stereocenters. The summed E-state index contributed by atoms with van der Waals surface area (Å²) in [4.78, 5) is 7.35. The summed E-state index contributed by atoms with van der Waals surface area (Å²) in [6.45, 7) is 11.4.